The Hall–Kier alpha value is -1.06. The molecule has 0 aromatic carbocycles. The van der Waals surface area contributed by atoms with Crippen molar-refractivity contribution in [2.24, 2.45) is 17.8 Å². The van der Waals surface area contributed by atoms with E-state index < -0.39 is 0 Å². The average Bonchev–Trinajstić information content (AvgIpc) is 2.73. The lowest BCUT2D eigenvalue weighted by atomic mass is 9.81. The molecular formula is C10H16N2O2. The fourth-order valence-electron chi connectivity index (χ4n) is 2.51. The van der Waals surface area contributed by atoms with Gasteiger partial charge in [0, 0.05) is 24.9 Å². The van der Waals surface area contributed by atoms with E-state index in [1.807, 2.05) is 6.92 Å². The van der Waals surface area contributed by atoms with Crippen molar-refractivity contribution in [3.8, 4) is 0 Å². The van der Waals surface area contributed by atoms with Gasteiger partial charge in [-0.15, -0.1) is 0 Å². The smallest absolute Gasteiger partial charge is 0.223 e. The number of carbonyl (C=O) groups excluding carboxylic acids is 2. The number of amides is 2. The van der Waals surface area contributed by atoms with Crippen LogP contribution in [0.15, 0.2) is 0 Å². The van der Waals surface area contributed by atoms with Gasteiger partial charge in [-0.25, -0.2) is 0 Å². The molecule has 2 rings (SSSR count). The lowest BCUT2D eigenvalue weighted by molar-refractivity contribution is -0.127. The van der Waals surface area contributed by atoms with E-state index in [1.165, 1.54) is 0 Å². The maximum absolute atomic E-state index is 11.4. The van der Waals surface area contributed by atoms with Crippen molar-refractivity contribution in [1.82, 2.24) is 10.6 Å². The Morgan fingerprint density at radius 3 is 1.79 bits per heavy atom. The topological polar surface area (TPSA) is 58.2 Å². The normalized spacial score (nSPS) is 34.1. The minimum absolute atomic E-state index is 0.0452. The third-order valence-corrected chi connectivity index (χ3v) is 3.45. The fraction of sp³-hybridized carbons (Fsp3) is 0.800. The molecule has 4 nitrogen and oxygen atoms in total. The van der Waals surface area contributed by atoms with Crippen LogP contribution in [-0.4, -0.2) is 24.9 Å². The first kappa shape index (κ1) is 9.49. The highest BCUT2D eigenvalue weighted by Crippen LogP contribution is 2.30. The minimum Gasteiger partial charge on any atom is -0.356 e. The van der Waals surface area contributed by atoms with Crippen molar-refractivity contribution in [2.75, 3.05) is 13.1 Å². The van der Waals surface area contributed by atoms with Crippen LogP contribution in [-0.2, 0) is 9.59 Å². The van der Waals surface area contributed by atoms with E-state index in [1.54, 1.807) is 0 Å². The molecule has 2 amide bonds. The van der Waals surface area contributed by atoms with Crippen LogP contribution < -0.4 is 10.6 Å². The van der Waals surface area contributed by atoms with Crippen LogP contribution in [0.5, 0.6) is 0 Å². The van der Waals surface area contributed by atoms with Crippen molar-refractivity contribution in [1.29, 1.82) is 0 Å². The zero-order valence-electron chi connectivity index (χ0n) is 8.38. The third-order valence-electron chi connectivity index (χ3n) is 3.45. The summed E-state index contributed by atoms with van der Waals surface area (Å²) in [6.07, 6.45) is 1.76. The van der Waals surface area contributed by atoms with Crippen molar-refractivity contribution < 1.29 is 9.59 Å². The van der Waals surface area contributed by atoms with Gasteiger partial charge in [-0.1, -0.05) is 6.92 Å². The van der Waals surface area contributed by atoms with Crippen LogP contribution in [0.25, 0.3) is 0 Å². The van der Waals surface area contributed by atoms with Gasteiger partial charge in [0.25, 0.3) is 0 Å². The minimum atomic E-state index is 0.0452. The molecule has 2 aliphatic rings. The van der Waals surface area contributed by atoms with E-state index in [0.29, 0.717) is 0 Å². The second-order valence-corrected chi connectivity index (χ2v) is 4.23. The molecule has 2 atom stereocenters. The molecule has 0 saturated carbocycles. The van der Waals surface area contributed by atoms with Gasteiger partial charge in [-0.3, -0.25) is 9.59 Å². The molecule has 0 bridgehead atoms. The van der Waals surface area contributed by atoms with E-state index >= 15 is 0 Å². The first-order valence-electron chi connectivity index (χ1n) is 5.25. The summed E-state index contributed by atoms with van der Waals surface area (Å²) in [5.74, 6) is 0.516. The molecule has 0 radical (unpaired) electrons. The van der Waals surface area contributed by atoms with Gasteiger partial charge in [0.1, 0.15) is 0 Å². The molecule has 0 aromatic rings. The van der Waals surface area contributed by atoms with Gasteiger partial charge in [-0.2, -0.15) is 0 Å². The Balaban J connectivity index is 2.03. The monoisotopic (exact) mass is 196 g/mol. The van der Waals surface area contributed by atoms with E-state index in [4.69, 9.17) is 0 Å². The van der Waals surface area contributed by atoms with Crippen molar-refractivity contribution in [3.05, 3.63) is 0 Å². The standard InChI is InChI=1S/C10H16N2O2/c1-6(7-2-4-11-9(7)13)8-3-5-12-10(8)14/h6-8H,2-5H2,1H3,(H,11,13)(H,12,14). The molecule has 2 fully saturated rings. The molecule has 2 saturated heterocycles. The molecule has 78 valence electrons. The molecule has 2 heterocycles. The Bertz CT molecular complexity index is 239. The second-order valence-electron chi connectivity index (χ2n) is 4.23. The molecule has 2 unspecified atom stereocenters. The molecule has 14 heavy (non-hydrogen) atoms. The summed E-state index contributed by atoms with van der Waals surface area (Å²) in [4.78, 5) is 22.9. The van der Waals surface area contributed by atoms with Gasteiger partial charge in [0.05, 0.1) is 0 Å². The summed E-state index contributed by atoms with van der Waals surface area (Å²) in [6, 6.07) is 0. The number of nitrogens with one attached hydrogen (secondary N) is 2. The number of hydrogen-bond acceptors (Lipinski definition) is 2. The molecule has 4 heteroatoms. The largest absolute Gasteiger partial charge is 0.356 e. The summed E-state index contributed by atoms with van der Waals surface area (Å²) in [6.45, 7) is 3.55. The maximum atomic E-state index is 11.4. The number of hydrogen-bond donors (Lipinski definition) is 2. The summed E-state index contributed by atoms with van der Waals surface area (Å²) < 4.78 is 0. The van der Waals surface area contributed by atoms with Crippen LogP contribution in [0.2, 0.25) is 0 Å². The van der Waals surface area contributed by atoms with Gasteiger partial charge < -0.3 is 10.6 Å². The van der Waals surface area contributed by atoms with Gasteiger partial charge >= 0.3 is 0 Å². The van der Waals surface area contributed by atoms with Crippen molar-refractivity contribution in [3.63, 3.8) is 0 Å². The van der Waals surface area contributed by atoms with Gasteiger partial charge in [0.15, 0.2) is 0 Å². The highest BCUT2D eigenvalue weighted by molar-refractivity contribution is 5.84. The Morgan fingerprint density at radius 2 is 1.50 bits per heavy atom. The Morgan fingerprint density at radius 1 is 1.07 bits per heavy atom. The first-order chi connectivity index (χ1) is 6.70. The highest BCUT2D eigenvalue weighted by atomic mass is 16.2. The van der Waals surface area contributed by atoms with Crippen LogP contribution in [0.4, 0.5) is 0 Å². The lowest BCUT2D eigenvalue weighted by Gasteiger charge is -2.21. The molecule has 0 spiro atoms. The summed E-state index contributed by atoms with van der Waals surface area (Å²) in [5, 5.41) is 5.64. The summed E-state index contributed by atoms with van der Waals surface area (Å²) in [5.41, 5.74) is 0. The van der Waals surface area contributed by atoms with Crippen LogP contribution >= 0.6 is 0 Å². The van der Waals surface area contributed by atoms with E-state index in [0.717, 1.165) is 25.9 Å². The predicted molar refractivity (Wildman–Crippen MR) is 51.4 cm³/mol. The molecule has 0 aliphatic carbocycles. The van der Waals surface area contributed by atoms with E-state index in [9.17, 15) is 9.59 Å². The maximum Gasteiger partial charge on any atom is 0.223 e. The summed E-state index contributed by atoms with van der Waals surface area (Å²) in [7, 11) is 0. The van der Waals surface area contributed by atoms with Crippen molar-refractivity contribution >= 4 is 11.8 Å². The fourth-order valence-corrected chi connectivity index (χ4v) is 2.51. The van der Waals surface area contributed by atoms with Gasteiger partial charge in [0.2, 0.25) is 11.8 Å². The zero-order valence-corrected chi connectivity index (χ0v) is 8.38. The zero-order chi connectivity index (χ0) is 10.1. The summed E-state index contributed by atoms with van der Waals surface area (Å²) >= 11 is 0. The van der Waals surface area contributed by atoms with E-state index in [-0.39, 0.29) is 29.6 Å². The molecule has 2 aliphatic heterocycles. The SMILES string of the molecule is CC(C1CCNC1=O)C1CCNC1=O. The van der Waals surface area contributed by atoms with E-state index in [2.05, 4.69) is 10.6 Å². The molecule has 2 N–H and O–H groups in total. The van der Waals surface area contributed by atoms with Crippen molar-refractivity contribution in [2.45, 2.75) is 19.8 Å². The lowest BCUT2D eigenvalue weighted by Crippen LogP contribution is -2.32. The highest BCUT2D eigenvalue weighted by Gasteiger charge is 2.38. The Kier molecular flexibility index (Phi) is 2.44. The second kappa shape index (κ2) is 3.59. The molecule has 0 aromatic heterocycles. The van der Waals surface area contributed by atoms with Crippen LogP contribution in [0, 0.1) is 17.8 Å². The number of rotatable bonds is 2. The third kappa shape index (κ3) is 1.49. The predicted octanol–water partition coefficient (Wildman–Crippen LogP) is -0.105. The number of carbonyl (C=O) groups is 2. The first-order valence-corrected chi connectivity index (χ1v) is 5.25. The van der Waals surface area contributed by atoms with Gasteiger partial charge in [-0.05, 0) is 18.8 Å². The Labute approximate surface area is 83.4 Å². The average molecular weight is 196 g/mol. The van der Waals surface area contributed by atoms with Crippen LogP contribution in [0.3, 0.4) is 0 Å². The van der Waals surface area contributed by atoms with Crippen LogP contribution in [0.1, 0.15) is 19.8 Å². The molecular weight excluding hydrogens is 180 g/mol. The quantitative estimate of drug-likeness (QED) is 0.647.